The molecule has 2 aromatic carbocycles. The molecular formula is C23H24N2O4S2. The summed E-state index contributed by atoms with van der Waals surface area (Å²) in [5.41, 5.74) is 2.17. The number of hydrogen-bond acceptors (Lipinski definition) is 5. The van der Waals surface area contributed by atoms with Crippen LogP contribution in [0.4, 0.5) is 0 Å². The molecule has 0 bridgehead atoms. The molecule has 1 N–H and O–H groups in total. The lowest BCUT2D eigenvalue weighted by molar-refractivity contribution is 0.553. The molecule has 4 rings (SSSR count). The predicted octanol–water partition coefficient (Wildman–Crippen LogP) is 3.38. The quantitative estimate of drug-likeness (QED) is 0.635. The van der Waals surface area contributed by atoms with Crippen molar-refractivity contribution in [2.24, 2.45) is 0 Å². The molecule has 162 valence electrons. The van der Waals surface area contributed by atoms with Crippen LogP contribution in [-0.2, 0) is 31.7 Å². The third-order valence-electron chi connectivity index (χ3n) is 5.81. The molecule has 1 aliphatic rings. The van der Waals surface area contributed by atoms with Crippen molar-refractivity contribution in [2.45, 2.75) is 47.3 Å². The summed E-state index contributed by atoms with van der Waals surface area (Å²) in [6, 6.07) is 13.6. The normalized spacial score (nSPS) is 16.4. The zero-order valence-electron chi connectivity index (χ0n) is 17.6. The second kappa shape index (κ2) is 7.55. The molecule has 1 aliphatic heterocycles. The number of sulfone groups is 1. The molecule has 0 atom stereocenters. The van der Waals surface area contributed by atoms with Crippen LogP contribution in [-0.4, -0.2) is 28.4 Å². The third kappa shape index (κ3) is 3.69. The fraction of sp³-hybridized carbons (Fsp3) is 0.261. The number of fused-ring (bicyclic) bond motifs is 2. The molecule has 1 aromatic heterocycles. The smallest absolute Gasteiger partial charge is 0.240 e. The molecule has 31 heavy (non-hydrogen) atoms. The minimum atomic E-state index is -3.89. The van der Waals surface area contributed by atoms with E-state index in [0.717, 1.165) is 5.56 Å². The van der Waals surface area contributed by atoms with Crippen LogP contribution in [0.15, 0.2) is 75.6 Å². The Balaban J connectivity index is 1.74. The van der Waals surface area contributed by atoms with Crippen LogP contribution >= 0.6 is 0 Å². The van der Waals surface area contributed by atoms with Gasteiger partial charge in [-0.05, 0) is 53.8 Å². The molecule has 0 saturated heterocycles. The second-order valence-corrected chi connectivity index (χ2v) is 11.9. The Morgan fingerprint density at radius 2 is 1.74 bits per heavy atom. The topological polar surface area (TPSA) is 93.2 Å². The molecule has 6 nitrogen and oxygen atoms in total. The number of sulfonamides is 1. The first-order valence-electron chi connectivity index (χ1n) is 9.93. The van der Waals surface area contributed by atoms with Crippen molar-refractivity contribution in [1.29, 1.82) is 0 Å². The van der Waals surface area contributed by atoms with Gasteiger partial charge in [-0.3, -0.25) is 4.98 Å². The van der Waals surface area contributed by atoms with Crippen molar-refractivity contribution in [2.75, 3.05) is 6.54 Å². The van der Waals surface area contributed by atoms with Crippen molar-refractivity contribution < 1.29 is 16.8 Å². The average Bonchev–Trinajstić information content (AvgIpc) is 2.73. The van der Waals surface area contributed by atoms with E-state index in [4.69, 9.17) is 0 Å². The minimum absolute atomic E-state index is 0.0174. The Bertz CT molecular complexity index is 1360. The monoisotopic (exact) mass is 456 g/mol. The molecule has 0 saturated carbocycles. The molecule has 0 spiro atoms. The van der Waals surface area contributed by atoms with Crippen LogP contribution in [0.5, 0.6) is 0 Å². The molecule has 2 heterocycles. The number of pyridine rings is 1. The lowest BCUT2D eigenvalue weighted by Gasteiger charge is -2.35. The van der Waals surface area contributed by atoms with E-state index in [2.05, 4.69) is 9.71 Å². The zero-order valence-corrected chi connectivity index (χ0v) is 19.2. The standard InChI is InChI=1S/C23H24N2O4S2/c1-16-13-19-22(30(26,27)20-9-5-4-8-18(20)23(19,2)3)14-21(16)31(28,29)25-12-10-17-7-6-11-24-15-17/h4-9,11,13-15,25H,10,12H2,1-3H3. The van der Waals surface area contributed by atoms with Gasteiger partial charge in [0, 0.05) is 24.4 Å². The van der Waals surface area contributed by atoms with Gasteiger partial charge in [0.15, 0.2) is 0 Å². The summed E-state index contributed by atoms with van der Waals surface area (Å²) < 4.78 is 55.3. The van der Waals surface area contributed by atoms with E-state index in [1.807, 2.05) is 32.0 Å². The SMILES string of the molecule is Cc1cc2c(cc1S(=O)(=O)NCCc1cccnc1)S(=O)(=O)c1ccccc1C2(C)C. The Labute approximate surface area is 183 Å². The highest BCUT2D eigenvalue weighted by atomic mass is 32.2. The summed E-state index contributed by atoms with van der Waals surface area (Å²) in [5, 5.41) is 0. The van der Waals surface area contributed by atoms with E-state index in [9.17, 15) is 16.8 Å². The molecule has 0 aliphatic carbocycles. The van der Waals surface area contributed by atoms with Gasteiger partial charge in [-0.25, -0.2) is 21.6 Å². The number of benzene rings is 2. The Hall–Kier alpha value is -2.55. The van der Waals surface area contributed by atoms with E-state index >= 15 is 0 Å². The van der Waals surface area contributed by atoms with E-state index in [-0.39, 0.29) is 21.2 Å². The van der Waals surface area contributed by atoms with Gasteiger partial charge in [0.25, 0.3) is 0 Å². The summed E-state index contributed by atoms with van der Waals surface area (Å²) >= 11 is 0. The maximum atomic E-state index is 13.4. The molecule has 3 aromatic rings. The molecule has 0 unspecified atom stereocenters. The van der Waals surface area contributed by atoms with Crippen LogP contribution < -0.4 is 4.72 Å². The first-order chi connectivity index (χ1) is 14.5. The lowest BCUT2D eigenvalue weighted by Crippen LogP contribution is -2.31. The Morgan fingerprint density at radius 1 is 1.00 bits per heavy atom. The van der Waals surface area contributed by atoms with E-state index < -0.39 is 25.3 Å². The second-order valence-electron chi connectivity index (χ2n) is 8.25. The fourth-order valence-corrected chi connectivity index (χ4v) is 7.44. The van der Waals surface area contributed by atoms with Crippen molar-refractivity contribution in [3.63, 3.8) is 0 Å². The number of aryl methyl sites for hydroxylation is 1. The molecule has 0 amide bonds. The van der Waals surface area contributed by atoms with Gasteiger partial charge in [-0.15, -0.1) is 0 Å². The summed E-state index contributed by atoms with van der Waals surface area (Å²) in [6.45, 7) is 5.79. The van der Waals surface area contributed by atoms with Crippen LogP contribution in [0.1, 0.15) is 36.1 Å². The predicted molar refractivity (Wildman–Crippen MR) is 118 cm³/mol. The van der Waals surface area contributed by atoms with Crippen molar-refractivity contribution in [3.05, 3.63) is 83.2 Å². The minimum Gasteiger partial charge on any atom is -0.264 e. The molecule has 0 radical (unpaired) electrons. The average molecular weight is 457 g/mol. The molecule has 8 heteroatoms. The molecular weight excluding hydrogens is 432 g/mol. The first-order valence-corrected chi connectivity index (χ1v) is 12.9. The Kier molecular flexibility index (Phi) is 5.28. The number of aromatic nitrogens is 1. The van der Waals surface area contributed by atoms with Gasteiger partial charge >= 0.3 is 0 Å². The third-order valence-corrected chi connectivity index (χ3v) is 9.26. The highest BCUT2D eigenvalue weighted by Crippen LogP contribution is 2.46. The van der Waals surface area contributed by atoms with Crippen LogP contribution in [0.2, 0.25) is 0 Å². The largest absolute Gasteiger partial charge is 0.264 e. The highest BCUT2D eigenvalue weighted by molar-refractivity contribution is 7.92. The van der Waals surface area contributed by atoms with Crippen LogP contribution in [0, 0.1) is 6.92 Å². The first kappa shape index (κ1) is 21.7. The van der Waals surface area contributed by atoms with E-state index in [1.165, 1.54) is 6.07 Å². The van der Waals surface area contributed by atoms with Crippen LogP contribution in [0.25, 0.3) is 0 Å². The lowest BCUT2D eigenvalue weighted by atomic mass is 9.77. The maximum absolute atomic E-state index is 13.4. The summed E-state index contributed by atoms with van der Waals surface area (Å²) in [7, 11) is -7.73. The summed E-state index contributed by atoms with van der Waals surface area (Å²) in [4.78, 5) is 4.28. The van der Waals surface area contributed by atoms with Gasteiger partial charge in [-0.1, -0.05) is 44.2 Å². The van der Waals surface area contributed by atoms with Crippen molar-refractivity contribution >= 4 is 19.9 Å². The van der Waals surface area contributed by atoms with Gasteiger partial charge in [-0.2, -0.15) is 0 Å². The molecule has 0 fully saturated rings. The number of nitrogens with zero attached hydrogens (tertiary/aromatic N) is 1. The number of rotatable bonds is 5. The van der Waals surface area contributed by atoms with Gasteiger partial charge in [0.1, 0.15) is 0 Å². The summed E-state index contributed by atoms with van der Waals surface area (Å²) in [6.07, 6.45) is 3.82. The Morgan fingerprint density at radius 3 is 2.45 bits per heavy atom. The van der Waals surface area contributed by atoms with Gasteiger partial charge in [0.2, 0.25) is 19.9 Å². The zero-order chi connectivity index (χ0) is 22.4. The number of hydrogen-bond donors (Lipinski definition) is 1. The van der Waals surface area contributed by atoms with E-state index in [1.54, 1.807) is 43.6 Å². The van der Waals surface area contributed by atoms with Crippen LogP contribution in [0.3, 0.4) is 0 Å². The van der Waals surface area contributed by atoms with Gasteiger partial charge < -0.3 is 0 Å². The fourth-order valence-electron chi connectivity index (χ4n) is 4.10. The number of nitrogens with one attached hydrogen (secondary N) is 1. The highest BCUT2D eigenvalue weighted by Gasteiger charge is 2.41. The summed E-state index contributed by atoms with van der Waals surface area (Å²) in [5.74, 6) is 0. The van der Waals surface area contributed by atoms with Gasteiger partial charge in [0.05, 0.1) is 14.7 Å². The van der Waals surface area contributed by atoms with E-state index in [0.29, 0.717) is 23.1 Å². The van der Waals surface area contributed by atoms with Crippen molar-refractivity contribution in [1.82, 2.24) is 9.71 Å². The maximum Gasteiger partial charge on any atom is 0.240 e. The van der Waals surface area contributed by atoms with Crippen molar-refractivity contribution in [3.8, 4) is 0 Å².